The normalized spacial score (nSPS) is 14.0. The Morgan fingerprint density at radius 1 is 1.20 bits per heavy atom. The smallest absolute Gasteiger partial charge is 0.157 e. The van der Waals surface area contributed by atoms with Crippen LogP contribution in [0.4, 0.5) is 20.9 Å². The lowest BCUT2D eigenvalue weighted by Crippen LogP contribution is -2.12. The van der Waals surface area contributed by atoms with Crippen molar-refractivity contribution in [1.29, 1.82) is 0 Å². The van der Waals surface area contributed by atoms with E-state index in [-0.39, 0.29) is 0 Å². The third-order valence-electron chi connectivity index (χ3n) is 1.89. The highest BCUT2D eigenvalue weighted by Crippen LogP contribution is 2.70. The van der Waals surface area contributed by atoms with Crippen LogP contribution in [-0.4, -0.2) is 5.51 Å². The first-order valence-electron chi connectivity index (χ1n) is 4.17. The fourth-order valence-corrected chi connectivity index (χ4v) is 1.87. The number of alkyl halides is 3. The molecule has 0 radical (unpaired) electrons. The molecular weight excluding hydrogens is 235 g/mol. The Balaban J connectivity index is 3.15. The van der Waals surface area contributed by atoms with E-state index < -0.39 is 21.2 Å². The number of benzene rings is 1. The molecule has 0 aliphatic heterocycles. The second-order valence-electron chi connectivity index (χ2n) is 2.92. The SMILES string of the molecule is CCc1cccc(S(F)(F)C(F)(F)F)c1. The van der Waals surface area contributed by atoms with Crippen molar-refractivity contribution in [3.05, 3.63) is 29.8 Å². The molecule has 0 unspecified atom stereocenters. The molecule has 0 spiro atoms. The minimum atomic E-state index is -5.71. The van der Waals surface area contributed by atoms with Gasteiger partial charge in [0.25, 0.3) is 0 Å². The minimum Gasteiger partial charge on any atom is -0.157 e. The van der Waals surface area contributed by atoms with Gasteiger partial charge in [-0.3, -0.25) is 0 Å². The van der Waals surface area contributed by atoms with Crippen LogP contribution in [0, 0.1) is 0 Å². The molecule has 0 amide bonds. The van der Waals surface area contributed by atoms with Crippen LogP contribution in [-0.2, 0) is 6.42 Å². The fraction of sp³-hybridized carbons (Fsp3) is 0.333. The van der Waals surface area contributed by atoms with Crippen molar-refractivity contribution in [1.82, 2.24) is 0 Å². The predicted octanol–water partition coefficient (Wildman–Crippen LogP) is 4.70. The summed E-state index contributed by atoms with van der Waals surface area (Å²) >= 11 is 0. The molecule has 1 aromatic carbocycles. The molecule has 0 nitrogen and oxygen atoms in total. The Labute approximate surface area is 86.0 Å². The first-order valence-corrected chi connectivity index (χ1v) is 5.60. The zero-order valence-corrected chi connectivity index (χ0v) is 8.63. The average molecular weight is 244 g/mol. The van der Waals surface area contributed by atoms with Crippen molar-refractivity contribution in [3.8, 4) is 0 Å². The molecule has 0 fully saturated rings. The van der Waals surface area contributed by atoms with Gasteiger partial charge in [0.15, 0.2) is 10.8 Å². The zero-order valence-electron chi connectivity index (χ0n) is 7.81. The topological polar surface area (TPSA) is 0 Å². The summed E-state index contributed by atoms with van der Waals surface area (Å²) in [5.74, 6) is 0. The van der Waals surface area contributed by atoms with Crippen LogP contribution in [0.25, 0.3) is 0 Å². The summed E-state index contributed by atoms with van der Waals surface area (Å²) < 4.78 is 62.0. The zero-order chi connectivity index (χ0) is 11.7. The molecule has 0 N–H and O–H groups in total. The number of rotatable bonds is 2. The van der Waals surface area contributed by atoms with Gasteiger partial charge in [-0.2, -0.15) is 13.2 Å². The molecule has 0 atom stereocenters. The average Bonchev–Trinajstić information content (AvgIpc) is 2.16. The molecular formula is C9H9F5S. The number of hydrogen-bond donors (Lipinski definition) is 0. The molecule has 1 aromatic rings. The second-order valence-corrected chi connectivity index (χ2v) is 4.79. The van der Waals surface area contributed by atoms with E-state index in [4.69, 9.17) is 0 Å². The van der Waals surface area contributed by atoms with Crippen molar-refractivity contribution in [2.45, 2.75) is 23.7 Å². The van der Waals surface area contributed by atoms with E-state index in [0.717, 1.165) is 12.1 Å². The Morgan fingerprint density at radius 3 is 2.27 bits per heavy atom. The minimum absolute atomic E-state index is 0.432. The van der Waals surface area contributed by atoms with Gasteiger partial charge in [0.2, 0.25) is 0 Å². The Kier molecular flexibility index (Phi) is 3.28. The highest BCUT2D eigenvalue weighted by molar-refractivity contribution is 8.26. The van der Waals surface area contributed by atoms with E-state index in [2.05, 4.69) is 0 Å². The molecule has 0 heterocycles. The van der Waals surface area contributed by atoms with Crippen molar-refractivity contribution >= 4 is 10.8 Å². The highest BCUT2D eigenvalue weighted by Gasteiger charge is 2.54. The van der Waals surface area contributed by atoms with Gasteiger partial charge in [-0.05, 0) is 24.1 Å². The maximum Gasteiger partial charge on any atom is 0.482 e. The largest absolute Gasteiger partial charge is 0.482 e. The predicted molar refractivity (Wildman–Crippen MR) is 49.9 cm³/mol. The third kappa shape index (κ3) is 2.42. The lowest BCUT2D eigenvalue weighted by molar-refractivity contribution is -0.0463. The monoisotopic (exact) mass is 244 g/mol. The fourth-order valence-electron chi connectivity index (χ4n) is 1.06. The lowest BCUT2D eigenvalue weighted by Gasteiger charge is -2.23. The Morgan fingerprint density at radius 2 is 1.80 bits per heavy atom. The number of halogens is 5. The van der Waals surface area contributed by atoms with Crippen LogP contribution < -0.4 is 0 Å². The second kappa shape index (κ2) is 4.00. The summed E-state index contributed by atoms with van der Waals surface area (Å²) in [5.41, 5.74) is -4.98. The van der Waals surface area contributed by atoms with Crippen LogP contribution >= 0.6 is 10.8 Å². The van der Waals surface area contributed by atoms with Gasteiger partial charge in [0.1, 0.15) is 0 Å². The molecule has 86 valence electrons. The number of hydrogen-bond acceptors (Lipinski definition) is 0. The molecule has 0 aliphatic carbocycles. The van der Waals surface area contributed by atoms with Crippen molar-refractivity contribution < 1.29 is 20.9 Å². The highest BCUT2D eigenvalue weighted by atomic mass is 32.3. The molecule has 6 heteroatoms. The molecule has 0 bridgehead atoms. The van der Waals surface area contributed by atoms with Crippen molar-refractivity contribution in [2.24, 2.45) is 0 Å². The maximum atomic E-state index is 12.9. The lowest BCUT2D eigenvalue weighted by atomic mass is 10.2. The molecule has 1 rings (SSSR count). The van der Waals surface area contributed by atoms with E-state index in [1.165, 1.54) is 12.1 Å². The Bertz CT molecular complexity index is 345. The third-order valence-corrected chi connectivity index (χ3v) is 3.32. The van der Waals surface area contributed by atoms with Crippen LogP contribution in [0.15, 0.2) is 29.2 Å². The van der Waals surface area contributed by atoms with Gasteiger partial charge in [0.05, 0.1) is 4.90 Å². The van der Waals surface area contributed by atoms with Crippen molar-refractivity contribution in [3.63, 3.8) is 0 Å². The van der Waals surface area contributed by atoms with E-state index in [9.17, 15) is 20.9 Å². The maximum absolute atomic E-state index is 12.9. The van der Waals surface area contributed by atoms with Gasteiger partial charge in [0, 0.05) is 0 Å². The summed E-state index contributed by atoms with van der Waals surface area (Å²) in [5, 5.41) is 0. The van der Waals surface area contributed by atoms with Gasteiger partial charge >= 0.3 is 5.51 Å². The Hall–Kier alpha value is -0.780. The summed E-state index contributed by atoms with van der Waals surface area (Å²) in [6.45, 7) is 1.69. The summed E-state index contributed by atoms with van der Waals surface area (Å²) in [7, 11) is -5.71. The van der Waals surface area contributed by atoms with Crippen LogP contribution in [0.1, 0.15) is 12.5 Å². The molecule has 0 saturated carbocycles. The van der Waals surface area contributed by atoms with E-state index in [1.54, 1.807) is 6.92 Å². The van der Waals surface area contributed by atoms with Crippen LogP contribution in [0.2, 0.25) is 0 Å². The van der Waals surface area contributed by atoms with Crippen LogP contribution in [0.3, 0.4) is 0 Å². The van der Waals surface area contributed by atoms with Gasteiger partial charge in [-0.25, -0.2) is 0 Å². The first kappa shape index (κ1) is 12.3. The molecule has 0 aromatic heterocycles. The standard InChI is InChI=1S/C9H9F5S/c1-2-7-4-3-5-8(6-7)15(13,14)9(10,11)12/h3-6H,2H2,1H3. The van der Waals surface area contributed by atoms with E-state index in [0.29, 0.717) is 12.0 Å². The van der Waals surface area contributed by atoms with E-state index in [1.807, 2.05) is 0 Å². The van der Waals surface area contributed by atoms with Gasteiger partial charge in [-0.15, -0.1) is 7.77 Å². The number of aryl methyl sites for hydroxylation is 1. The summed E-state index contributed by atoms with van der Waals surface area (Å²) in [6, 6.07) is 4.49. The molecule has 0 aliphatic rings. The van der Waals surface area contributed by atoms with E-state index >= 15 is 0 Å². The summed E-state index contributed by atoms with van der Waals surface area (Å²) in [4.78, 5) is -0.922. The van der Waals surface area contributed by atoms with Gasteiger partial charge < -0.3 is 0 Å². The van der Waals surface area contributed by atoms with Crippen molar-refractivity contribution in [2.75, 3.05) is 0 Å². The molecule has 15 heavy (non-hydrogen) atoms. The summed E-state index contributed by atoms with van der Waals surface area (Å²) in [6.07, 6.45) is 0.432. The van der Waals surface area contributed by atoms with Gasteiger partial charge in [-0.1, -0.05) is 19.1 Å². The quantitative estimate of drug-likeness (QED) is 0.661. The molecule has 0 saturated heterocycles. The van der Waals surface area contributed by atoms with Crippen LogP contribution in [0.5, 0.6) is 0 Å². The first-order chi connectivity index (χ1) is 6.79.